The molecule has 0 saturated carbocycles. The van der Waals surface area contributed by atoms with Crippen LogP contribution in [-0.2, 0) is 33.9 Å². The number of rotatable bonds is 9. The zero-order valence-corrected chi connectivity index (χ0v) is 20.0. The van der Waals surface area contributed by atoms with E-state index in [4.69, 9.17) is 19.6 Å². The van der Waals surface area contributed by atoms with Crippen LogP contribution >= 0.6 is 0 Å². The first kappa shape index (κ1) is 24.9. The molecule has 1 amide bonds. The summed E-state index contributed by atoms with van der Waals surface area (Å²) in [6.45, 7) is 3.50. The maximum Gasteiger partial charge on any atom is 0.310 e. The molecule has 2 aromatic heterocycles. The summed E-state index contributed by atoms with van der Waals surface area (Å²) in [5, 5.41) is 3.49. The third kappa shape index (κ3) is 5.52. The molecule has 2 aromatic carbocycles. The van der Waals surface area contributed by atoms with E-state index in [0.717, 1.165) is 10.9 Å². The van der Waals surface area contributed by atoms with E-state index in [0.29, 0.717) is 33.7 Å². The Labute approximate surface area is 207 Å². The number of carbonyl (C=O) groups excluding carboxylic acids is 2. The minimum Gasteiger partial charge on any atom is -0.489 e. The summed E-state index contributed by atoms with van der Waals surface area (Å²) in [4.78, 5) is 27.6. The molecule has 0 spiro atoms. The molecular formula is C27H26FN3O5. The highest BCUT2D eigenvalue weighted by Crippen LogP contribution is 2.34. The number of aromatic nitrogens is 1. The number of furan rings is 1. The Balaban J connectivity index is 1.68. The van der Waals surface area contributed by atoms with Crippen LogP contribution in [0.5, 0.6) is 5.75 Å². The van der Waals surface area contributed by atoms with Crippen molar-refractivity contribution >= 4 is 28.5 Å². The summed E-state index contributed by atoms with van der Waals surface area (Å²) in [6.07, 6.45) is 3.06. The van der Waals surface area contributed by atoms with Gasteiger partial charge in [0, 0.05) is 53.5 Å². The molecule has 0 aliphatic rings. The predicted molar refractivity (Wildman–Crippen MR) is 133 cm³/mol. The van der Waals surface area contributed by atoms with Crippen LogP contribution in [0, 0.1) is 5.82 Å². The van der Waals surface area contributed by atoms with Crippen LogP contribution in [0.15, 0.2) is 59.3 Å². The second kappa shape index (κ2) is 11.0. The summed E-state index contributed by atoms with van der Waals surface area (Å²) < 4.78 is 31.9. The third-order valence-corrected chi connectivity index (χ3v) is 5.48. The van der Waals surface area contributed by atoms with Crippen LogP contribution in [-0.4, -0.2) is 23.5 Å². The van der Waals surface area contributed by atoms with Gasteiger partial charge in [0.15, 0.2) is 5.82 Å². The Bertz CT molecular complexity index is 1420. The second-order valence-corrected chi connectivity index (χ2v) is 8.08. The SMILES string of the molecule is CCOC(=O)Cc1ccc(NC(C)=O)cc1OCc1cc(-c2ccnc(CN)c2F)c2occc2c1. The topological polar surface area (TPSA) is 117 Å². The summed E-state index contributed by atoms with van der Waals surface area (Å²) in [5.74, 6) is -0.704. The molecule has 36 heavy (non-hydrogen) atoms. The number of pyridine rings is 1. The molecule has 2 heterocycles. The highest BCUT2D eigenvalue weighted by molar-refractivity contribution is 5.93. The van der Waals surface area contributed by atoms with E-state index in [-0.39, 0.29) is 43.7 Å². The van der Waals surface area contributed by atoms with Gasteiger partial charge in [-0.3, -0.25) is 14.6 Å². The van der Waals surface area contributed by atoms with Crippen molar-refractivity contribution in [3.8, 4) is 16.9 Å². The number of hydrogen-bond acceptors (Lipinski definition) is 7. The first-order chi connectivity index (χ1) is 17.4. The van der Waals surface area contributed by atoms with Crippen molar-refractivity contribution in [1.82, 2.24) is 4.98 Å². The van der Waals surface area contributed by atoms with Gasteiger partial charge in [-0.15, -0.1) is 0 Å². The van der Waals surface area contributed by atoms with Crippen molar-refractivity contribution in [3.63, 3.8) is 0 Å². The number of carbonyl (C=O) groups is 2. The monoisotopic (exact) mass is 491 g/mol. The smallest absolute Gasteiger partial charge is 0.310 e. The first-order valence-corrected chi connectivity index (χ1v) is 11.4. The molecular weight excluding hydrogens is 465 g/mol. The van der Waals surface area contributed by atoms with Crippen LogP contribution in [0.4, 0.5) is 10.1 Å². The number of benzene rings is 2. The molecule has 9 heteroatoms. The van der Waals surface area contributed by atoms with Gasteiger partial charge in [-0.2, -0.15) is 0 Å². The van der Waals surface area contributed by atoms with Crippen molar-refractivity contribution in [2.45, 2.75) is 33.4 Å². The van der Waals surface area contributed by atoms with Crippen LogP contribution < -0.4 is 15.8 Å². The van der Waals surface area contributed by atoms with Gasteiger partial charge < -0.3 is 24.9 Å². The number of nitrogens with zero attached hydrogens (tertiary/aromatic N) is 1. The molecule has 0 radical (unpaired) electrons. The van der Waals surface area contributed by atoms with E-state index >= 15 is 4.39 Å². The lowest BCUT2D eigenvalue weighted by Crippen LogP contribution is -2.10. The van der Waals surface area contributed by atoms with E-state index in [1.807, 2.05) is 6.07 Å². The maximum absolute atomic E-state index is 15.1. The molecule has 186 valence electrons. The van der Waals surface area contributed by atoms with Crippen molar-refractivity contribution in [1.29, 1.82) is 0 Å². The molecule has 3 N–H and O–H groups in total. The number of halogens is 1. The van der Waals surface area contributed by atoms with Crippen molar-refractivity contribution in [2.24, 2.45) is 5.73 Å². The first-order valence-electron chi connectivity index (χ1n) is 11.4. The Morgan fingerprint density at radius 3 is 2.72 bits per heavy atom. The molecule has 4 rings (SSSR count). The van der Waals surface area contributed by atoms with Gasteiger partial charge in [-0.25, -0.2) is 4.39 Å². The number of hydrogen-bond donors (Lipinski definition) is 2. The highest BCUT2D eigenvalue weighted by Gasteiger charge is 2.17. The molecule has 0 aliphatic carbocycles. The van der Waals surface area contributed by atoms with Crippen LogP contribution in [0.1, 0.15) is 30.7 Å². The van der Waals surface area contributed by atoms with Gasteiger partial charge >= 0.3 is 5.97 Å². The van der Waals surface area contributed by atoms with Gasteiger partial charge in [0.05, 0.1) is 25.0 Å². The number of esters is 1. The van der Waals surface area contributed by atoms with Crippen molar-refractivity contribution < 1.29 is 27.9 Å². The van der Waals surface area contributed by atoms with Crippen LogP contribution in [0.2, 0.25) is 0 Å². The molecule has 8 nitrogen and oxygen atoms in total. The standard InChI is InChI=1S/C27H26FN3O5/c1-3-34-25(33)12-18-4-5-20(31-16(2)32)13-24(18)36-15-17-10-19-7-9-35-27(19)22(11-17)21-6-8-30-23(14-29)26(21)28/h4-11,13H,3,12,14-15,29H2,1-2H3,(H,31,32). The Hall–Kier alpha value is -4.24. The number of fused-ring (bicyclic) bond motifs is 1. The van der Waals surface area contributed by atoms with Gasteiger partial charge in [0.25, 0.3) is 0 Å². The van der Waals surface area contributed by atoms with E-state index in [2.05, 4.69) is 10.3 Å². The molecule has 0 fully saturated rings. The third-order valence-electron chi connectivity index (χ3n) is 5.48. The van der Waals surface area contributed by atoms with Crippen LogP contribution in [0.25, 0.3) is 22.1 Å². The predicted octanol–water partition coefficient (Wildman–Crippen LogP) is 4.74. The zero-order valence-electron chi connectivity index (χ0n) is 20.0. The molecule has 0 bridgehead atoms. The quantitative estimate of drug-likeness (QED) is 0.325. The minimum atomic E-state index is -0.504. The Kier molecular flexibility index (Phi) is 7.60. The van der Waals surface area contributed by atoms with E-state index in [1.54, 1.807) is 43.3 Å². The van der Waals surface area contributed by atoms with E-state index in [1.165, 1.54) is 19.4 Å². The summed E-state index contributed by atoms with van der Waals surface area (Å²) in [5.41, 5.74) is 9.08. The number of amides is 1. The molecule has 0 unspecified atom stereocenters. The fourth-order valence-electron chi connectivity index (χ4n) is 3.91. The minimum absolute atomic E-state index is 0.0135. The average Bonchev–Trinajstić information content (AvgIpc) is 3.32. The fourth-order valence-corrected chi connectivity index (χ4v) is 3.91. The molecule has 0 saturated heterocycles. The van der Waals surface area contributed by atoms with E-state index < -0.39 is 5.82 Å². The summed E-state index contributed by atoms with van der Waals surface area (Å²) >= 11 is 0. The van der Waals surface area contributed by atoms with Gasteiger partial charge in [0.1, 0.15) is 17.9 Å². The molecule has 4 aromatic rings. The lowest BCUT2D eigenvalue weighted by atomic mass is 10.00. The highest BCUT2D eigenvalue weighted by atomic mass is 19.1. The van der Waals surface area contributed by atoms with Crippen molar-refractivity contribution in [2.75, 3.05) is 11.9 Å². The Morgan fingerprint density at radius 1 is 1.14 bits per heavy atom. The number of ether oxygens (including phenoxy) is 2. The van der Waals surface area contributed by atoms with Gasteiger partial charge in [-0.05, 0) is 42.8 Å². The maximum atomic E-state index is 15.1. The van der Waals surface area contributed by atoms with Crippen molar-refractivity contribution in [3.05, 3.63) is 77.6 Å². The van der Waals surface area contributed by atoms with Crippen LogP contribution in [0.3, 0.4) is 0 Å². The summed E-state index contributed by atoms with van der Waals surface area (Å²) in [6, 6.07) is 12.1. The lowest BCUT2D eigenvalue weighted by Gasteiger charge is -2.15. The molecule has 0 atom stereocenters. The molecule has 0 aliphatic heterocycles. The second-order valence-electron chi connectivity index (χ2n) is 8.08. The number of nitrogens with one attached hydrogen (secondary N) is 1. The average molecular weight is 492 g/mol. The number of nitrogens with two attached hydrogens (primary N) is 1. The fraction of sp³-hybridized carbons (Fsp3) is 0.222. The largest absolute Gasteiger partial charge is 0.489 e. The van der Waals surface area contributed by atoms with E-state index in [9.17, 15) is 9.59 Å². The Morgan fingerprint density at radius 2 is 1.97 bits per heavy atom. The number of anilines is 1. The van der Waals surface area contributed by atoms with Gasteiger partial charge in [0.2, 0.25) is 5.91 Å². The lowest BCUT2D eigenvalue weighted by molar-refractivity contribution is -0.142. The van der Waals surface area contributed by atoms with Gasteiger partial charge in [-0.1, -0.05) is 6.07 Å². The normalized spacial score (nSPS) is 10.9. The summed E-state index contributed by atoms with van der Waals surface area (Å²) in [7, 11) is 0. The zero-order chi connectivity index (χ0) is 25.7.